The van der Waals surface area contributed by atoms with Crippen molar-refractivity contribution in [3.05, 3.63) is 35.9 Å². The highest BCUT2D eigenvalue weighted by molar-refractivity contribution is 6.35. The van der Waals surface area contributed by atoms with Gasteiger partial charge in [0, 0.05) is 13.1 Å². The van der Waals surface area contributed by atoms with E-state index in [0.717, 1.165) is 5.56 Å². The molecule has 0 heterocycles. The summed E-state index contributed by atoms with van der Waals surface area (Å²) in [6.45, 7) is 3.98. The van der Waals surface area contributed by atoms with E-state index in [2.05, 4.69) is 10.6 Å². The average Bonchev–Trinajstić information content (AvgIpc) is 2.42. The van der Waals surface area contributed by atoms with Gasteiger partial charge in [-0.3, -0.25) is 9.59 Å². The summed E-state index contributed by atoms with van der Waals surface area (Å²) in [7, 11) is 0. The van der Waals surface area contributed by atoms with E-state index in [1.54, 1.807) is 0 Å². The quantitative estimate of drug-likeness (QED) is 0.674. The number of carbonyl (C=O) groups is 2. The van der Waals surface area contributed by atoms with Crippen LogP contribution in [-0.4, -0.2) is 36.1 Å². The molecule has 5 heteroatoms. The Labute approximate surface area is 113 Å². The molecule has 0 radical (unpaired) electrons. The molecule has 0 aliphatic carbocycles. The Morgan fingerprint density at radius 1 is 1.05 bits per heavy atom. The number of hydrogen-bond donors (Lipinski definition) is 3. The second kappa shape index (κ2) is 7.53. The third-order valence-electron chi connectivity index (χ3n) is 2.70. The molecule has 5 nitrogen and oxygen atoms in total. The highest BCUT2D eigenvalue weighted by atomic mass is 16.3. The van der Waals surface area contributed by atoms with Gasteiger partial charge in [-0.1, -0.05) is 37.3 Å². The van der Waals surface area contributed by atoms with E-state index in [-0.39, 0.29) is 12.5 Å². The minimum Gasteiger partial charge on any atom is -0.392 e. The summed E-state index contributed by atoms with van der Waals surface area (Å²) in [5.74, 6) is -1.26. The lowest BCUT2D eigenvalue weighted by Crippen LogP contribution is -2.43. The molecule has 0 aliphatic rings. The molecule has 0 aromatic heterocycles. The lowest BCUT2D eigenvalue weighted by Gasteiger charge is -2.13. The maximum Gasteiger partial charge on any atom is 0.309 e. The fourth-order valence-electron chi connectivity index (χ4n) is 1.55. The first kappa shape index (κ1) is 15.2. The Morgan fingerprint density at radius 3 is 2.11 bits per heavy atom. The van der Waals surface area contributed by atoms with Crippen LogP contribution < -0.4 is 10.6 Å². The van der Waals surface area contributed by atoms with Crippen LogP contribution in [0.2, 0.25) is 0 Å². The third kappa shape index (κ3) is 5.52. The first-order valence-corrected chi connectivity index (χ1v) is 6.29. The predicted molar refractivity (Wildman–Crippen MR) is 72.6 cm³/mol. The highest BCUT2D eigenvalue weighted by Gasteiger charge is 2.14. The Morgan fingerprint density at radius 2 is 1.58 bits per heavy atom. The zero-order valence-electron chi connectivity index (χ0n) is 11.2. The number of aliphatic hydroxyl groups is 1. The van der Waals surface area contributed by atoms with Crippen LogP contribution in [0, 0.1) is 0 Å². The Balaban J connectivity index is 2.36. The van der Waals surface area contributed by atoms with Gasteiger partial charge >= 0.3 is 11.8 Å². The molecule has 0 unspecified atom stereocenters. The molecular weight excluding hydrogens is 244 g/mol. The summed E-state index contributed by atoms with van der Waals surface area (Å²) in [6, 6.07) is 9.75. The largest absolute Gasteiger partial charge is 0.392 e. The van der Waals surface area contributed by atoms with Gasteiger partial charge in [0.1, 0.15) is 0 Å². The summed E-state index contributed by atoms with van der Waals surface area (Å²) in [6.07, 6.45) is -0.667. The minimum atomic E-state index is -0.721. The lowest BCUT2D eigenvalue weighted by molar-refractivity contribution is -0.139. The fraction of sp³-hybridized carbons (Fsp3) is 0.429. The van der Waals surface area contributed by atoms with Gasteiger partial charge in [0.05, 0.1) is 6.10 Å². The molecule has 19 heavy (non-hydrogen) atoms. The van der Waals surface area contributed by atoms with Crippen molar-refractivity contribution in [2.45, 2.75) is 25.9 Å². The molecule has 104 valence electrons. The smallest absolute Gasteiger partial charge is 0.309 e. The SMILES string of the molecule is C[C@@H](O)CNC(=O)C(=O)NC[C@H](C)c1ccccc1. The molecular formula is C14H20N2O3. The van der Waals surface area contributed by atoms with Gasteiger partial charge in [-0.15, -0.1) is 0 Å². The molecule has 0 saturated carbocycles. The van der Waals surface area contributed by atoms with Gasteiger partial charge in [-0.25, -0.2) is 0 Å². The van der Waals surface area contributed by atoms with Crippen LogP contribution in [0.4, 0.5) is 0 Å². The van der Waals surface area contributed by atoms with Crippen molar-refractivity contribution in [1.29, 1.82) is 0 Å². The van der Waals surface area contributed by atoms with Crippen molar-refractivity contribution in [3.8, 4) is 0 Å². The maximum atomic E-state index is 11.5. The van der Waals surface area contributed by atoms with Crippen LogP contribution in [0.1, 0.15) is 25.3 Å². The zero-order chi connectivity index (χ0) is 14.3. The van der Waals surface area contributed by atoms with Crippen LogP contribution in [0.5, 0.6) is 0 Å². The summed E-state index contributed by atoms with van der Waals surface area (Å²) < 4.78 is 0. The minimum absolute atomic E-state index is 0.0699. The molecule has 2 atom stereocenters. The van der Waals surface area contributed by atoms with Crippen molar-refractivity contribution in [2.75, 3.05) is 13.1 Å². The zero-order valence-corrected chi connectivity index (χ0v) is 11.2. The van der Waals surface area contributed by atoms with E-state index >= 15 is 0 Å². The van der Waals surface area contributed by atoms with E-state index in [9.17, 15) is 9.59 Å². The molecule has 1 aromatic rings. The lowest BCUT2D eigenvalue weighted by atomic mass is 10.0. The second-order valence-electron chi connectivity index (χ2n) is 4.58. The van der Waals surface area contributed by atoms with Crippen molar-refractivity contribution in [2.24, 2.45) is 0 Å². The molecule has 0 fully saturated rings. The number of carbonyl (C=O) groups excluding carboxylic acids is 2. The van der Waals surface area contributed by atoms with E-state index in [0.29, 0.717) is 6.54 Å². The van der Waals surface area contributed by atoms with Crippen molar-refractivity contribution >= 4 is 11.8 Å². The number of aliphatic hydroxyl groups excluding tert-OH is 1. The summed E-state index contributed by atoms with van der Waals surface area (Å²) in [5, 5.41) is 13.9. The van der Waals surface area contributed by atoms with Crippen LogP contribution in [-0.2, 0) is 9.59 Å². The van der Waals surface area contributed by atoms with E-state index in [1.807, 2.05) is 37.3 Å². The van der Waals surface area contributed by atoms with E-state index < -0.39 is 17.9 Å². The third-order valence-corrected chi connectivity index (χ3v) is 2.70. The first-order valence-electron chi connectivity index (χ1n) is 6.29. The number of nitrogens with one attached hydrogen (secondary N) is 2. The predicted octanol–water partition coefficient (Wildman–Crippen LogP) is 0.403. The van der Waals surface area contributed by atoms with E-state index in [4.69, 9.17) is 5.11 Å². The van der Waals surface area contributed by atoms with Crippen molar-refractivity contribution in [1.82, 2.24) is 10.6 Å². The average molecular weight is 264 g/mol. The second-order valence-corrected chi connectivity index (χ2v) is 4.58. The highest BCUT2D eigenvalue weighted by Crippen LogP contribution is 2.12. The Kier molecular flexibility index (Phi) is 6.02. The number of rotatable bonds is 5. The molecule has 0 saturated heterocycles. The molecule has 0 aliphatic heterocycles. The monoisotopic (exact) mass is 264 g/mol. The van der Waals surface area contributed by atoms with Gasteiger partial charge in [0.15, 0.2) is 0 Å². The molecule has 0 spiro atoms. The number of hydrogen-bond acceptors (Lipinski definition) is 3. The van der Waals surface area contributed by atoms with Gasteiger partial charge in [0.2, 0.25) is 0 Å². The summed E-state index contributed by atoms with van der Waals surface area (Å²) >= 11 is 0. The first-order chi connectivity index (χ1) is 9.00. The van der Waals surface area contributed by atoms with Crippen LogP contribution in [0.15, 0.2) is 30.3 Å². The van der Waals surface area contributed by atoms with Gasteiger partial charge in [-0.05, 0) is 18.4 Å². The molecule has 2 amide bonds. The number of benzene rings is 1. The van der Waals surface area contributed by atoms with Gasteiger partial charge in [-0.2, -0.15) is 0 Å². The van der Waals surface area contributed by atoms with Crippen LogP contribution in [0.25, 0.3) is 0 Å². The van der Waals surface area contributed by atoms with E-state index in [1.165, 1.54) is 6.92 Å². The molecule has 1 aromatic carbocycles. The van der Waals surface area contributed by atoms with Crippen LogP contribution >= 0.6 is 0 Å². The molecule has 0 bridgehead atoms. The molecule has 3 N–H and O–H groups in total. The van der Waals surface area contributed by atoms with Crippen molar-refractivity contribution < 1.29 is 14.7 Å². The Bertz CT molecular complexity index is 418. The fourth-order valence-corrected chi connectivity index (χ4v) is 1.55. The normalized spacial score (nSPS) is 13.4. The molecule has 1 rings (SSSR count). The topological polar surface area (TPSA) is 78.4 Å². The standard InChI is InChI=1S/C14H20N2O3/c1-10(12-6-4-3-5-7-12)8-15-13(18)14(19)16-9-11(2)17/h3-7,10-11,17H,8-9H2,1-2H3,(H,15,18)(H,16,19)/t10-,11+/m0/s1. The van der Waals surface area contributed by atoms with Crippen molar-refractivity contribution in [3.63, 3.8) is 0 Å². The maximum absolute atomic E-state index is 11.5. The number of amides is 2. The summed E-state index contributed by atoms with van der Waals surface area (Å²) in [4.78, 5) is 22.8. The Hall–Kier alpha value is -1.88. The van der Waals surface area contributed by atoms with Gasteiger partial charge < -0.3 is 15.7 Å². The van der Waals surface area contributed by atoms with Crippen LogP contribution in [0.3, 0.4) is 0 Å². The van der Waals surface area contributed by atoms with Gasteiger partial charge in [0.25, 0.3) is 0 Å². The summed E-state index contributed by atoms with van der Waals surface area (Å²) in [5.41, 5.74) is 1.10.